The highest BCUT2D eigenvalue weighted by atomic mass is 35.5. The Morgan fingerprint density at radius 1 is 1.43 bits per heavy atom. The summed E-state index contributed by atoms with van der Waals surface area (Å²) in [4.78, 5) is 13.5. The van der Waals surface area contributed by atoms with Gasteiger partial charge in [-0.3, -0.25) is 4.79 Å². The maximum absolute atomic E-state index is 11.7. The van der Waals surface area contributed by atoms with E-state index in [4.69, 9.17) is 16.3 Å². The topological polar surface area (TPSA) is 61.8 Å². The quantitative estimate of drug-likeness (QED) is 0.726. The molecule has 0 spiro atoms. The van der Waals surface area contributed by atoms with Gasteiger partial charge >= 0.3 is 0 Å². The normalized spacial score (nSPS) is 12.0. The first-order valence-corrected chi connectivity index (χ1v) is 7.49. The second-order valence-corrected chi connectivity index (χ2v) is 5.06. The largest absolute Gasteiger partial charge is 0.491 e. The average molecular weight is 315 g/mol. The van der Waals surface area contributed by atoms with E-state index in [9.17, 15) is 9.90 Å². The van der Waals surface area contributed by atoms with Crippen LogP contribution in [0, 0.1) is 0 Å². The lowest BCUT2D eigenvalue weighted by molar-refractivity contribution is -0.129. The predicted octanol–water partition coefficient (Wildman–Crippen LogP) is 1.54. The predicted molar refractivity (Wildman–Crippen MR) is 83.8 cm³/mol. The number of aliphatic hydroxyl groups excluding tert-OH is 1. The summed E-state index contributed by atoms with van der Waals surface area (Å²) < 4.78 is 5.43. The van der Waals surface area contributed by atoms with Crippen LogP contribution in [0.5, 0.6) is 5.75 Å². The lowest BCUT2D eigenvalue weighted by Gasteiger charge is -2.19. The highest BCUT2D eigenvalue weighted by Crippen LogP contribution is 2.17. The number of halogens is 1. The van der Waals surface area contributed by atoms with E-state index in [0.717, 1.165) is 0 Å². The van der Waals surface area contributed by atoms with Crippen molar-refractivity contribution in [2.45, 2.75) is 20.0 Å². The standard InChI is InChI=1S/C15H23ClN2O3/c1-3-18(4-2)15(20)10-17-9-13(19)11-21-14-7-5-6-12(16)8-14/h5-8,13,17,19H,3-4,9-11H2,1-2H3. The summed E-state index contributed by atoms with van der Waals surface area (Å²) in [7, 11) is 0. The van der Waals surface area contributed by atoms with Crippen molar-refractivity contribution in [2.75, 3.05) is 32.8 Å². The number of benzene rings is 1. The van der Waals surface area contributed by atoms with Crippen LogP contribution in [0.15, 0.2) is 24.3 Å². The summed E-state index contributed by atoms with van der Waals surface area (Å²) in [6.45, 7) is 5.93. The number of carbonyl (C=O) groups excluding carboxylic acids is 1. The van der Waals surface area contributed by atoms with E-state index < -0.39 is 6.10 Å². The second kappa shape index (κ2) is 9.60. The highest BCUT2D eigenvalue weighted by Gasteiger charge is 2.10. The minimum atomic E-state index is -0.687. The number of carbonyl (C=O) groups is 1. The van der Waals surface area contributed by atoms with Crippen LogP contribution < -0.4 is 10.1 Å². The van der Waals surface area contributed by atoms with Crippen LogP contribution in [0.1, 0.15) is 13.8 Å². The fourth-order valence-corrected chi connectivity index (χ4v) is 2.02. The Kier molecular flexibility index (Phi) is 8.12. The number of rotatable bonds is 9. The monoisotopic (exact) mass is 314 g/mol. The Labute approximate surface area is 130 Å². The zero-order chi connectivity index (χ0) is 15.7. The summed E-state index contributed by atoms with van der Waals surface area (Å²) >= 11 is 5.84. The van der Waals surface area contributed by atoms with Crippen LogP contribution in [0.2, 0.25) is 5.02 Å². The Morgan fingerprint density at radius 2 is 2.14 bits per heavy atom. The fourth-order valence-electron chi connectivity index (χ4n) is 1.84. The molecule has 21 heavy (non-hydrogen) atoms. The summed E-state index contributed by atoms with van der Waals surface area (Å²) in [5, 5.41) is 13.3. The molecule has 0 aliphatic carbocycles. The molecule has 1 aromatic rings. The molecular weight excluding hydrogens is 292 g/mol. The zero-order valence-electron chi connectivity index (χ0n) is 12.5. The van der Waals surface area contributed by atoms with E-state index in [1.807, 2.05) is 13.8 Å². The first kappa shape index (κ1) is 17.8. The fraction of sp³-hybridized carbons (Fsp3) is 0.533. The molecule has 1 atom stereocenters. The van der Waals surface area contributed by atoms with Gasteiger partial charge in [0, 0.05) is 24.7 Å². The molecule has 0 bridgehead atoms. The first-order valence-electron chi connectivity index (χ1n) is 7.11. The van der Waals surface area contributed by atoms with Crippen LogP contribution in [-0.2, 0) is 4.79 Å². The summed E-state index contributed by atoms with van der Waals surface area (Å²) in [5.41, 5.74) is 0. The molecule has 1 amide bonds. The Hall–Kier alpha value is -1.30. The molecule has 5 nitrogen and oxygen atoms in total. The van der Waals surface area contributed by atoms with Crippen LogP contribution in [-0.4, -0.2) is 54.8 Å². The molecule has 0 saturated heterocycles. The molecule has 0 aliphatic rings. The molecular formula is C15H23ClN2O3. The second-order valence-electron chi connectivity index (χ2n) is 4.62. The number of aliphatic hydroxyl groups is 1. The number of ether oxygens (including phenoxy) is 1. The van der Waals surface area contributed by atoms with E-state index in [2.05, 4.69) is 5.32 Å². The van der Waals surface area contributed by atoms with Gasteiger partial charge in [0.1, 0.15) is 18.5 Å². The van der Waals surface area contributed by atoms with Crippen LogP contribution in [0.25, 0.3) is 0 Å². The Morgan fingerprint density at radius 3 is 2.76 bits per heavy atom. The maximum Gasteiger partial charge on any atom is 0.236 e. The van der Waals surface area contributed by atoms with Gasteiger partial charge in [0.2, 0.25) is 5.91 Å². The molecule has 2 N–H and O–H groups in total. The van der Waals surface area contributed by atoms with Gasteiger partial charge in [-0.2, -0.15) is 0 Å². The van der Waals surface area contributed by atoms with Crippen molar-refractivity contribution in [1.82, 2.24) is 10.2 Å². The number of nitrogens with one attached hydrogen (secondary N) is 1. The maximum atomic E-state index is 11.7. The Balaban J connectivity index is 2.22. The summed E-state index contributed by atoms with van der Waals surface area (Å²) in [6, 6.07) is 7.00. The van der Waals surface area contributed by atoms with Crippen molar-refractivity contribution in [2.24, 2.45) is 0 Å². The SMILES string of the molecule is CCN(CC)C(=O)CNCC(O)COc1cccc(Cl)c1. The van der Waals surface area contributed by atoms with Gasteiger partial charge in [0.05, 0.1) is 6.54 Å². The van der Waals surface area contributed by atoms with Gasteiger partial charge in [-0.15, -0.1) is 0 Å². The molecule has 0 aliphatic heterocycles. The smallest absolute Gasteiger partial charge is 0.236 e. The van der Waals surface area contributed by atoms with Crippen LogP contribution in [0.3, 0.4) is 0 Å². The number of likely N-dealkylation sites (N-methyl/N-ethyl adjacent to an activating group) is 1. The van der Waals surface area contributed by atoms with E-state index in [0.29, 0.717) is 30.4 Å². The third-order valence-electron chi connectivity index (χ3n) is 3.01. The average Bonchev–Trinajstić information content (AvgIpc) is 2.46. The minimum Gasteiger partial charge on any atom is -0.491 e. The van der Waals surface area contributed by atoms with Crippen LogP contribution >= 0.6 is 11.6 Å². The number of nitrogens with zero attached hydrogens (tertiary/aromatic N) is 1. The van der Waals surface area contributed by atoms with Gasteiger partial charge in [-0.25, -0.2) is 0 Å². The number of amides is 1. The van der Waals surface area contributed by atoms with Gasteiger partial charge in [-0.1, -0.05) is 17.7 Å². The van der Waals surface area contributed by atoms with Gasteiger partial charge in [0.25, 0.3) is 0 Å². The molecule has 1 unspecified atom stereocenters. The Bertz CT molecular complexity index is 439. The molecule has 0 radical (unpaired) electrons. The van der Waals surface area contributed by atoms with Crippen molar-refractivity contribution in [3.63, 3.8) is 0 Å². The highest BCUT2D eigenvalue weighted by molar-refractivity contribution is 6.30. The molecule has 6 heteroatoms. The first-order chi connectivity index (χ1) is 10.1. The van der Waals surface area contributed by atoms with E-state index >= 15 is 0 Å². The molecule has 0 heterocycles. The summed E-state index contributed by atoms with van der Waals surface area (Å²) in [5.74, 6) is 0.642. The van der Waals surface area contributed by atoms with Gasteiger partial charge in [0.15, 0.2) is 0 Å². The van der Waals surface area contributed by atoms with Crippen molar-refractivity contribution >= 4 is 17.5 Å². The van der Waals surface area contributed by atoms with Crippen molar-refractivity contribution in [3.8, 4) is 5.75 Å². The van der Waals surface area contributed by atoms with E-state index in [1.165, 1.54) is 0 Å². The lowest BCUT2D eigenvalue weighted by Crippen LogP contribution is -2.41. The van der Waals surface area contributed by atoms with Gasteiger partial charge < -0.3 is 20.1 Å². The molecule has 0 aromatic heterocycles. The third kappa shape index (κ3) is 6.80. The van der Waals surface area contributed by atoms with Crippen molar-refractivity contribution < 1.29 is 14.6 Å². The van der Waals surface area contributed by atoms with E-state index in [1.54, 1.807) is 29.2 Å². The molecule has 0 fully saturated rings. The van der Waals surface area contributed by atoms with Crippen molar-refractivity contribution in [1.29, 1.82) is 0 Å². The third-order valence-corrected chi connectivity index (χ3v) is 3.25. The van der Waals surface area contributed by atoms with Crippen LogP contribution in [0.4, 0.5) is 0 Å². The van der Waals surface area contributed by atoms with Crippen molar-refractivity contribution in [3.05, 3.63) is 29.3 Å². The van der Waals surface area contributed by atoms with Gasteiger partial charge in [-0.05, 0) is 32.0 Å². The molecule has 0 saturated carbocycles. The minimum absolute atomic E-state index is 0.0305. The van der Waals surface area contributed by atoms with E-state index in [-0.39, 0.29) is 19.1 Å². The summed E-state index contributed by atoms with van der Waals surface area (Å²) in [6.07, 6.45) is -0.687. The lowest BCUT2D eigenvalue weighted by atomic mass is 10.3. The molecule has 1 rings (SSSR count). The molecule has 118 valence electrons. The number of hydrogen-bond donors (Lipinski definition) is 2. The zero-order valence-corrected chi connectivity index (χ0v) is 13.3. The molecule has 1 aromatic carbocycles. The number of hydrogen-bond acceptors (Lipinski definition) is 4.